The molecule has 1 rings (SSSR count). The van der Waals surface area contributed by atoms with Gasteiger partial charge in [0.05, 0.1) is 18.8 Å². The molecule has 0 aliphatic carbocycles. The lowest BCUT2D eigenvalue weighted by atomic mass is 9.97. The number of carbonyl (C=O) groups excluding carboxylic acids is 1. The number of benzene rings is 1. The molecule has 0 heterocycles. The van der Waals surface area contributed by atoms with Crippen LogP contribution in [0.1, 0.15) is 25.8 Å². The predicted octanol–water partition coefficient (Wildman–Crippen LogP) is 0.801. The van der Waals surface area contributed by atoms with E-state index in [-0.39, 0.29) is 12.5 Å². The van der Waals surface area contributed by atoms with Crippen molar-refractivity contribution < 1.29 is 14.6 Å². The van der Waals surface area contributed by atoms with Crippen LogP contribution in [0.25, 0.3) is 0 Å². The SMILES string of the molecule is CCNC(C)(CCOc1cccc(CO)c1)C(N)=O. The van der Waals surface area contributed by atoms with E-state index >= 15 is 0 Å². The van der Waals surface area contributed by atoms with Crippen molar-refractivity contribution in [3.05, 3.63) is 29.8 Å². The number of hydrogen-bond donors (Lipinski definition) is 3. The number of rotatable bonds is 8. The summed E-state index contributed by atoms with van der Waals surface area (Å²) in [5, 5.41) is 12.1. The van der Waals surface area contributed by atoms with Crippen LogP contribution in [0.15, 0.2) is 24.3 Å². The summed E-state index contributed by atoms with van der Waals surface area (Å²) in [7, 11) is 0. The Balaban J connectivity index is 2.54. The molecule has 0 aliphatic heterocycles. The van der Waals surface area contributed by atoms with Crippen LogP contribution in [-0.2, 0) is 11.4 Å². The number of aliphatic hydroxyl groups is 1. The fourth-order valence-corrected chi connectivity index (χ4v) is 1.80. The summed E-state index contributed by atoms with van der Waals surface area (Å²) in [6, 6.07) is 7.22. The largest absolute Gasteiger partial charge is 0.493 e. The van der Waals surface area contributed by atoms with Crippen molar-refractivity contribution in [3.63, 3.8) is 0 Å². The number of carbonyl (C=O) groups is 1. The molecule has 5 heteroatoms. The molecule has 0 saturated heterocycles. The van der Waals surface area contributed by atoms with E-state index in [0.29, 0.717) is 25.3 Å². The minimum absolute atomic E-state index is 0.0202. The highest BCUT2D eigenvalue weighted by atomic mass is 16.5. The molecule has 0 aliphatic rings. The molecule has 1 atom stereocenters. The summed E-state index contributed by atoms with van der Waals surface area (Å²) in [6.45, 7) is 4.72. The number of nitrogens with two attached hydrogens (primary N) is 1. The number of hydrogen-bond acceptors (Lipinski definition) is 4. The molecule has 1 unspecified atom stereocenters. The van der Waals surface area contributed by atoms with Crippen molar-refractivity contribution in [2.75, 3.05) is 13.2 Å². The molecular formula is C14H22N2O3. The van der Waals surface area contributed by atoms with Gasteiger partial charge in [0.15, 0.2) is 0 Å². The van der Waals surface area contributed by atoms with Gasteiger partial charge in [0, 0.05) is 6.42 Å². The lowest BCUT2D eigenvalue weighted by Crippen LogP contribution is -2.53. The van der Waals surface area contributed by atoms with Crippen molar-refractivity contribution in [2.45, 2.75) is 32.4 Å². The fraction of sp³-hybridized carbons (Fsp3) is 0.500. The van der Waals surface area contributed by atoms with Gasteiger partial charge >= 0.3 is 0 Å². The topological polar surface area (TPSA) is 84.6 Å². The van der Waals surface area contributed by atoms with Gasteiger partial charge < -0.3 is 20.9 Å². The van der Waals surface area contributed by atoms with Crippen LogP contribution in [0.4, 0.5) is 0 Å². The molecule has 0 aromatic heterocycles. The maximum Gasteiger partial charge on any atom is 0.237 e. The Hall–Kier alpha value is -1.59. The Bertz CT molecular complexity index is 423. The predicted molar refractivity (Wildman–Crippen MR) is 73.8 cm³/mol. The van der Waals surface area contributed by atoms with E-state index in [1.807, 2.05) is 25.1 Å². The van der Waals surface area contributed by atoms with E-state index in [9.17, 15) is 4.79 Å². The summed E-state index contributed by atoms with van der Waals surface area (Å²) in [4.78, 5) is 11.4. The van der Waals surface area contributed by atoms with Crippen LogP contribution in [-0.4, -0.2) is 29.7 Å². The van der Waals surface area contributed by atoms with Crippen LogP contribution in [0.5, 0.6) is 5.75 Å². The minimum atomic E-state index is -0.761. The number of ether oxygens (including phenoxy) is 1. The average molecular weight is 266 g/mol. The molecule has 0 saturated carbocycles. The lowest BCUT2D eigenvalue weighted by Gasteiger charge is -2.26. The van der Waals surface area contributed by atoms with Gasteiger partial charge in [-0.25, -0.2) is 0 Å². The van der Waals surface area contributed by atoms with Crippen LogP contribution in [0, 0.1) is 0 Å². The van der Waals surface area contributed by atoms with Gasteiger partial charge in [-0.1, -0.05) is 19.1 Å². The maximum atomic E-state index is 11.4. The maximum absolute atomic E-state index is 11.4. The number of primary amides is 1. The zero-order chi connectivity index (χ0) is 14.3. The normalized spacial score (nSPS) is 13.8. The zero-order valence-electron chi connectivity index (χ0n) is 11.5. The molecule has 106 valence electrons. The van der Waals surface area contributed by atoms with E-state index in [1.54, 1.807) is 13.0 Å². The second-order valence-corrected chi connectivity index (χ2v) is 4.63. The molecule has 1 aromatic carbocycles. The summed E-state index contributed by atoms with van der Waals surface area (Å²) in [5.74, 6) is 0.289. The summed E-state index contributed by atoms with van der Waals surface area (Å²) in [6.07, 6.45) is 0.486. The van der Waals surface area contributed by atoms with Gasteiger partial charge in [0.2, 0.25) is 5.91 Å². The van der Waals surface area contributed by atoms with Gasteiger partial charge in [-0.3, -0.25) is 4.79 Å². The molecule has 19 heavy (non-hydrogen) atoms. The molecule has 5 nitrogen and oxygen atoms in total. The average Bonchev–Trinajstić information content (AvgIpc) is 2.39. The summed E-state index contributed by atoms with van der Waals surface area (Å²) in [5.41, 5.74) is 5.42. The third-order valence-corrected chi connectivity index (χ3v) is 3.06. The van der Waals surface area contributed by atoms with E-state index in [0.717, 1.165) is 5.56 Å². The molecule has 0 bridgehead atoms. The minimum Gasteiger partial charge on any atom is -0.493 e. The molecule has 0 radical (unpaired) electrons. The first-order valence-corrected chi connectivity index (χ1v) is 6.39. The Morgan fingerprint density at radius 1 is 1.53 bits per heavy atom. The Kier molecular flexibility index (Phi) is 5.79. The fourth-order valence-electron chi connectivity index (χ4n) is 1.80. The Labute approximate surface area is 113 Å². The van der Waals surface area contributed by atoms with Gasteiger partial charge in [-0.05, 0) is 31.2 Å². The van der Waals surface area contributed by atoms with Crippen molar-refractivity contribution in [1.29, 1.82) is 0 Å². The van der Waals surface area contributed by atoms with Crippen molar-refractivity contribution in [2.24, 2.45) is 5.73 Å². The zero-order valence-corrected chi connectivity index (χ0v) is 11.5. The van der Waals surface area contributed by atoms with Crippen LogP contribution < -0.4 is 15.8 Å². The van der Waals surface area contributed by atoms with E-state index < -0.39 is 5.54 Å². The molecule has 1 amide bonds. The van der Waals surface area contributed by atoms with Crippen LogP contribution in [0.3, 0.4) is 0 Å². The standard InChI is InChI=1S/C14H22N2O3/c1-3-16-14(2,13(15)18)7-8-19-12-6-4-5-11(9-12)10-17/h4-6,9,16-17H,3,7-8,10H2,1-2H3,(H2,15,18). The van der Waals surface area contributed by atoms with Crippen LogP contribution in [0.2, 0.25) is 0 Å². The molecule has 1 aromatic rings. The smallest absolute Gasteiger partial charge is 0.237 e. The highest BCUT2D eigenvalue weighted by molar-refractivity contribution is 5.84. The lowest BCUT2D eigenvalue weighted by molar-refractivity contribution is -0.124. The van der Waals surface area contributed by atoms with Crippen LogP contribution >= 0.6 is 0 Å². The summed E-state index contributed by atoms with van der Waals surface area (Å²) < 4.78 is 5.58. The summed E-state index contributed by atoms with van der Waals surface area (Å²) >= 11 is 0. The van der Waals surface area contributed by atoms with E-state index in [2.05, 4.69) is 5.32 Å². The van der Waals surface area contributed by atoms with Gasteiger partial charge in [-0.2, -0.15) is 0 Å². The molecule has 0 spiro atoms. The van der Waals surface area contributed by atoms with Gasteiger partial charge in [0.25, 0.3) is 0 Å². The van der Waals surface area contributed by atoms with Crippen molar-refractivity contribution >= 4 is 5.91 Å². The first-order chi connectivity index (χ1) is 9.01. The van der Waals surface area contributed by atoms with Crippen molar-refractivity contribution in [1.82, 2.24) is 5.32 Å². The van der Waals surface area contributed by atoms with Gasteiger partial charge in [-0.15, -0.1) is 0 Å². The first kappa shape index (κ1) is 15.5. The van der Waals surface area contributed by atoms with E-state index in [1.165, 1.54) is 0 Å². The number of aliphatic hydroxyl groups excluding tert-OH is 1. The molecular weight excluding hydrogens is 244 g/mol. The Morgan fingerprint density at radius 3 is 2.84 bits per heavy atom. The molecule has 4 N–H and O–H groups in total. The van der Waals surface area contributed by atoms with Crippen molar-refractivity contribution in [3.8, 4) is 5.75 Å². The quantitative estimate of drug-likeness (QED) is 0.650. The second-order valence-electron chi connectivity index (χ2n) is 4.63. The first-order valence-electron chi connectivity index (χ1n) is 6.39. The van der Waals surface area contributed by atoms with Gasteiger partial charge in [0.1, 0.15) is 5.75 Å². The number of amides is 1. The monoisotopic (exact) mass is 266 g/mol. The number of likely N-dealkylation sites (N-methyl/N-ethyl adjacent to an activating group) is 1. The highest BCUT2D eigenvalue weighted by Crippen LogP contribution is 2.15. The molecule has 0 fully saturated rings. The highest BCUT2D eigenvalue weighted by Gasteiger charge is 2.29. The second kappa shape index (κ2) is 7.11. The third kappa shape index (κ3) is 4.54. The number of nitrogens with one attached hydrogen (secondary N) is 1. The third-order valence-electron chi connectivity index (χ3n) is 3.06. The Morgan fingerprint density at radius 2 is 2.26 bits per heavy atom. The van der Waals surface area contributed by atoms with E-state index in [4.69, 9.17) is 15.6 Å².